The molecule has 0 radical (unpaired) electrons. The van der Waals surface area contributed by atoms with Gasteiger partial charge >= 0.3 is 0 Å². The Kier molecular flexibility index (Phi) is 3.74. The molecule has 0 fully saturated rings. The van der Waals surface area contributed by atoms with E-state index in [1.165, 1.54) is 0 Å². The van der Waals surface area contributed by atoms with Crippen molar-refractivity contribution in [3.63, 3.8) is 0 Å². The Hall–Kier alpha value is -2.88. The maximum atomic E-state index is 12.5. The summed E-state index contributed by atoms with van der Waals surface area (Å²) >= 11 is 0. The van der Waals surface area contributed by atoms with Crippen molar-refractivity contribution in [1.29, 1.82) is 0 Å². The standard InChI is InChI=1S/C18H17N3O/c1-12(13-5-3-2-4-6-13)21-18(22)17-16-11-15(19)8-7-14(16)9-10-20-17/h2-12H,19H2,1H3,(H,21,22). The second-order valence-electron chi connectivity index (χ2n) is 5.25. The SMILES string of the molecule is CC(NC(=O)c1nccc2ccc(N)cc12)c1ccccc1. The van der Waals surface area contributed by atoms with Gasteiger partial charge < -0.3 is 11.1 Å². The van der Waals surface area contributed by atoms with E-state index in [0.717, 1.165) is 16.3 Å². The monoisotopic (exact) mass is 291 g/mol. The molecule has 1 amide bonds. The largest absolute Gasteiger partial charge is 0.399 e. The van der Waals surface area contributed by atoms with Gasteiger partial charge in [-0.2, -0.15) is 0 Å². The Balaban J connectivity index is 1.91. The van der Waals surface area contributed by atoms with E-state index in [0.29, 0.717) is 11.4 Å². The van der Waals surface area contributed by atoms with Crippen molar-refractivity contribution >= 4 is 22.4 Å². The quantitative estimate of drug-likeness (QED) is 0.727. The predicted octanol–water partition coefficient (Wildman–Crippen LogP) is 3.31. The predicted molar refractivity (Wildman–Crippen MR) is 88.5 cm³/mol. The van der Waals surface area contributed by atoms with Crippen LogP contribution in [0, 0.1) is 0 Å². The van der Waals surface area contributed by atoms with Gasteiger partial charge in [0.25, 0.3) is 5.91 Å². The average Bonchev–Trinajstić information content (AvgIpc) is 2.55. The Morgan fingerprint density at radius 3 is 2.68 bits per heavy atom. The van der Waals surface area contributed by atoms with Crippen molar-refractivity contribution in [2.45, 2.75) is 13.0 Å². The first kappa shape index (κ1) is 14.1. The van der Waals surface area contributed by atoms with E-state index >= 15 is 0 Å². The van der Waals surface area contributed by atoms with Crippen molar-refractivity contribution in [1.82, 2.24) is 10.3 Å². The number of nitrogens with two attached hydrogens (primary N) is 1. The van der Waals surface area contributed by atoms with Crippen LogP contribution >= 0.6 is 0 Å². The van der Waals surface area contributed by atoms with Crippen molar-refractivity contribution in [2.75, 3.05) is 5.73 Å². The highest BCUT2D eigenvalue weighted by Gasteiger charge is 2.15. The molecule has 0 aliphatic heterocycles. The van der Waals surface area contributed by atoms with Crippen molar-refractivity contribution in [3.8, 4) is 0 Å². The van der Waals surface area contributed by atoms with Gasteiger partial charge in [0.15, 0.2) is 0 Å². The molecule has 110 valence electrons. The highest BCUT2D eigenvalue weighted by Crippen LogP contribution is 2.21. The van der Waals surface area contributed by atoms with Gasteiger partial charge in [0.05, 0.1) is 6.04 Å². The van der Waals surface area contributed by atoms with E-state index in [9.17, 15) is 4.79 Å². The van der Waals surface area contributed by atoms with Crippen LogP contribution in [0.2, 0.25) is 0 Å². The second kappa shape index (κ2) is 5.85. The number of carbonyl (C=O) groups excluding carboxylic acids is 1. The van der Waals surface area contributed by atoms with Crippen LogP contribution in [-0.4, -0.2) is 10.9 Å². The minimum Gasteiger partial charge on any atom is -0.399 e. The number of benzene rings is 2. The van der Waals surface area contributed by atoms with E-state index in [1.54, 1.807) is 12.3 Å². The van der Waals surface area contributed by atoms with E-state index < -0.39 is 0 Å². The van der Waals surface area contributed by atoms with Gasteiger partial charge in [-0.25, -0.2) is 0 Å². The van der Waals surface area contributed by atoms with Crippen LogP contribution in [0.15, 0.2) is 60.8 Å². The zero-order chi connectivity index (χ0) is 15.5. The van der Waals surface area contributed by atoms with Gasteiger partial charge in [0.1, 0.15) is 5.69 Å². The lowest BCUT2D eigenvalue weighted by Gasteiger charge is -2.14. The van der Waals surface area contributed by atoms with Crippen LogP contribution in [0.1, 0.15) is 29.0 Å². The molecule has 1 unspecified atom stereocenters. The van der Waals surface area contributed by atoms with Gasteiger partial charge in [-0.15, -0.1) is 0 Å². The maximum absolute atomic E-state index is 12.5. The van der Waals surface area contributed by atoms with E-state index in [4.69, 9.17) is 5.73 Å². The summed E-state index contributed by atoms with van der Waals surface area (Å²) in [6.07, 6.45) is 1.64. The van der Waals surface area contributed by atoms with Crippen LogP contribution in [0.4, 0.5) is 5.69 Å². The molecule has 1 aromatic heterocycles. The van der Waals surface area contributed by atoms with E-state index in [2.05, 4.69) is 10.3 Å². The van der Waals surface area contributed by atoms with Crippen LogP contribution in [-0.2, 0) is 0 Å². The summed E-state index contributed by atoms with van der Waals surface area (Å²) in [5.74, 6) is -0.201. The molecular weight excluding hydrogens is 274 g/mol. The summed E-state index contributed by atoms with van der Waals surface area (Å²) in [6, 6.07) is 17.1. The zero-order valence-corrected chi connectivity index (χ0v) is 12.3. The van der Waals surface area contributed by atoms with Crippen LogP contribution in [0.5, 0.6) is 0 Å². The number of anilines is 1. The molecule has 1 heterocycles. The van der Waals surface area contributed by atoms with E-state index in [-0.39, 0.29) is 11.9 Å². The highest BCUT2D eigenvalue weighted by molar-refractivity contribution is 6.06. The average molecular weight is 291 g/mol. The molecule has 0 aliphatic carbocycles. The number of hydrogen-bond acceptors (Lipinski definition) is 3. The summed E-state index contributed by atoms with van der Waals surface area (Å²) in [6.45, 7) is 1.95. The fraction of sp³-hybridized carbons (Fsp3) is 0.111. The number of carbonyl (C=O) groups is 1. The Morgan fingerprint density at radius 1 is 1.14 bits per heavy atom. The number of aromatic nitrogens is 1. The lowest BCUT2D eigenvalue weighted by atomic mass is 10.1. The van der Waals surface area contributed by atoms with Gasteiger partial charge in [-0.05, 0) is 36.1 Å². The number of nitrogen functional groups attached to an aromatic ring is 1. The van der Waals surface area contributed by atoms with Crippen molar-refractivity contribution in [2.24, 2.45) is 0 Å². The van der Waals surface area contributed by atoms with Crippen LogP contribution in [0.3, 0.4) is 0 Å². The number of rotatable bonds is 3. The molecular formula is C18H17N3O. The van der Waals surface area contributed by atoms with Crippen molar-refractivity contribution in [3.05, 3.63) is 72.1 Å². The van der Waals surface area contributed by atoms with Crippen LogP contribution in [0.25, 0.3) is 10.8 Å². The molecule has 22 heavy (non-hydrogen) atoms. The lowest BCUT2D eigenvalue weighted by Crippen LogP contribution is -2.27. The third-order valence-corrected chi connectivity index (χ3v) is 3.65. The maximum Gasteiger partial charge on any atom is 0.270 e. The highest BCUT2D eigenvalue weighted by atomic mass is 16.1. The molecule has 0 saturated heterocycles. The van der Waals surface area contributed by atoms with Gasteiger partial charge in [-0.1, -0.05) is 36.4 Å². The Labute approximate surface area is 129 Å². The van der Waals surface area contributed by atoms with E-state index in [1.807, 2.05) is 55.5 Å². The van der Waals surface area contributed by atoms with Crippen molar-refractivity contribution < 1.29 is 4.79 Å². The van der Waals surface area contributed by atoms with Crippen LogP contribution < -0.4 is 11.1 Å². The first-order valence-electron chi connectivity index (χ1n) is 7.15. The first-order valence-corrected chi connectivity index (χ1v) is 7.15. The molecule has 0 spiro atoms. The first-order chi connectivity index (χ1) is 10.6. The Bertz CT molecular complexity index is 815. The second-order valence-corrected chi connectivity index (χ2v) is 5.25. The number of amides is 1. The molecule has 0 bridgehead atoms. The normalized spacial score (nSPS) is 12.0. The molecule has 2 aromatic carbocycles. The fourth-order valence-corrected chi connectivity index (χ4v) is 2.46. The zero-order valence-electron chi connectivity index (χ0n) is 12.3. The fourth-order valence-electron chi connectivity index (χ4n) is 2.46. The molecule has 4 nitrogen and oxygen atoms in total. The molecule has 3 N–H and O–H groups in total. The topological polar surface area (TPSA) is 68.0 Å². The molecule has 1 atom stereocenters. The third-order valence-electron chi connectivity index (χ3n) is 3.65. The summed E-state index contributed by atoms with van der Waals surface area (Å²) in [5, 5.41) is 4.69. The molecule has 0 saturated carbocycles. The summed E-state index contributed by atoms with van der Waals surface area (Å²) in [5.41, 5.74) is 7.89. The Morgan fingerprint density at radius 2 is 1.91 bits per heavy atom. The minimum absolute atomic E-state index is 0.0909. The van der Waals surface area contributed by atoms with Gasteiger partial charge in [0, 0.05) is 17.3 Å². The molecule has 4 heteroatoms. The number of hydrogen-bond donors (Lipinski definition) is 2. The summed E-state index contributed by atoms with van der Waals surface area (Å²) < 4.78 is 0. The van der Waals surface area contributed by atoms with Gasteiger partial charge in [-0.3, -0.25) is 9.78 Å². The number of pyridine rings is 1. The number of fused-ring (bicyclic) bond motifs is 1. The molecule has 3 aromatic rings. The lowest BCUT2D eigenvalue weighted by molar-refractivity contribution is 0.0936. The molecule has 3 rings (SSSR count). The van der Waals surface area contributed by atoms with Gasteiger partial charge in [0.2, 0.25) is 0 Å². The number of nitrogens with zero attached hydrogens (tertiary/aromatic N) is 1. The molecule has 0 aliphatic rings. The minimum atomic E-state index is -0.201. The number of nitrogens with one attached hydrogen (secondary N) is 1. The summed E-state index contributed by atoms with van der Waals surface area (Å²) in [4.78, 5) is 16.8. The smallest absolute Gasteiger partial charge is 0.270 e. The third kappa shape index (κ3) is 2.76. The summed E-state index contributed by atoms with van der Waals surface area (Å²) in [7, 11) is 0.